The Balaban J connectivity index is 2.04. The van der Waals surface area contributed by atoms with E-state index in [1.54, 1.807) is 29.9 Å². The molecule has 3 N–H and O–H groups in total. The van der Waals surface area contributed by atoms with Gasteiger partial charge in [0.1, 0.15) is 9.90 Å². The summed E-state index contributed by atoms with van der Waals surface area (Å²) in [6.07, 6.45) is 1.63. The van der Waals surface area contributed by atoms with Gasteiger partial charge in [0.05, 0.1) is 11.6 Å². The number of sulfonamides is 1. The Morgan fingerprint density at radius 1 is 1.50 bits per heavy atom. The van der Waals surface area contributed by atoms with E-state index in [2.05, 4.69) is 5.32 Å². The van der Waals surface area contributed by atoms with Crippen LogP contribution in [-0.2, 0) is 23.6 Å². The van der Waals surface area contributed by atoms with Gasteiger partial charge in [-0.1, -0.05) is 11.6 Å². The normalized spacial score (nSPS) is 11.6. The lowest BCUT2D eigenvalue weighted by atomic mass is 10.4. The van der Waals surface area contributed by atoms with Gasteiger partial charge < -0.3 is 9.88 Å². The maximum Gasteiger partial charge on any atom is 0.268 e. The third-order valence-electron chi connectivity index (χ3n) is 2.54. The van der Waals surface area contributed by atoms with Gasteiger partial charge in [-0.3, -0.25) is 4.79 Å². The van der Waals surface area contributed by atoms with Crippen molar-refractivity contribution in [3.63, 3.8) is 0 Å². The quantitative estimate of drug-likeness (QED) is 0.883. The number of aromatic nitrogens is 1. The number of carbonyl (C=O) groups excluding carboxylic acids is 1. The zero-order valence-electron chi connectivity index (χ0n) is 10.5. The van der Waals surface area contributed by atoms with Gasteiger partial charge in [0, 0.05) is 18.1 Å². The van der Waals surface area contributed by atoms with Crippen molar-refractivity contribution in [3.8, 4) is 0 Å². The first-order valence-corrected chi connectivity index (χ1v) is 8.23. The highest BCUT2D eigenvalue weighted by atomic mass is 35.5. The molecule has 1 amide bonds. The van der Waals surface area contributed by atoms with E-state index < -0.39 is 10.0 Å². The van der Waals surface area contributed by atoms with Crippen LogP contribution in [0.3, 0.4) is 0 Å². The van der Waals surface area contributed by atoms with Crippen LogP contribution in [0.15, 0.2) is 28.6 Å². The van der Waals surface area contributed by atoms with Crippen molar-refractivity contribution in [2.75, 3.05) is 0 Å². The van der Waals surface area contributed by atoms with Crippen LogP contribution in [0.2, 0.25) is 5.02 Å². The Hall–Kier alpha value is -1.35. The second-order valence-electron chi connectivity index (χ2n) is 4.10. The van der Waals surface area contributed by atoms with Crippen molar-refractivity contribution in [3.05, 3.63) is 40.0 Å². The Morgan fingerprint density at radius 3 is 2.70 bits per heavy atom. The Bertz CT molecular complexity index is 749. The molecule has 108 valence electrons. The van der Waals surface area contributed by atoms with Crippen LogP contribution in [0, 0.1) is 0 Å². The summed E-state index contributed by atoms with van der Waals surface area (Å²) in [5.74, 6) is -0.287. The molecule has 0 fully saturated rings. The number of carbonyl (C=O) groups is 1. The molecule has 2 aromatic rings. The topological polar surface area (TPSA) is 94.2 Å². The number of aryl methyl sites for hydroxylation is 1. The lowest BCUT2D eigenvalue weighted by Gasteiger charge is -2.04. The van der Waals surface area contributed by atoms with E-state index in [9.17, 15) is 13.2 Å². The zero-order valence-corrected chi connectivity index (χ0v) is 12.8. The van der Waals surface area contributed by atoms with Gasteiger partial charge in [-0.05, 0) is 18.2 Å². The molecule has 0 bridgehead atoms. The summed E-state index contributed by atoms with van der Waals surface area (Å²) < 4.78 is 24.0. The van der Waals surface area contributed by atoms with Crippen molar-refractivity contribution >= 4 is 38.9 Å². The third kappa shape index (κ3) is 3.40. The van der Waals surface area contributed by atoms with E-state index in [1.807, 2.05) is 0 Å². The van der Waals surface area contributed by atoms with Crippen LogP contribution in [0.25, 0.3) is 0 Å². The van der Waals surface area contributed by atoms with Crippen LogP contribution in [0.1, 0.15) is 15.4 Å². The summed E-state index contributed by atoms with van der Waals surface area (Å²) in [5, 5.41) is 8.18. The summed E-state index contributed by atoms with van der Waals surface area (Å²) >= 11 is 6.83. The lowest BCUT2D eigenvalue weighted by molar-refractivity contribution is 0.0943. The summed E-state index contributed by atoms with van der Waals surface area (Å²) in [6.45, 7) is 0.224. The predicted octanol–water partition coefficient (Wildman–Crippen LogP) is 1.32. The number of nitrogens with zero attached hydrogens (tertiary/aromatic N) is 1. The highest BCUT2D eigenvalue weighted by Gasteiger charge is 2.13. The number of primary sulfonamides is 1. The van der Waals surface area contributed by atoms with Gasteiger partial charge in [-0.15, -0.1) is 11.3 Å². The van der Waals surface area contributed by atoms with Crippen LogP contribution in [-0.4, -0.2) is 18.9 Å². The molecule has 0 aromatic carbocycles. The molecule has 2 heterocycles. The first-order chi connectivity index (χ1) is 9.27. The minimum Gasteiger partial charge on any atom is -0.346 e. The van der Waals surface area contributed by atoms with Crippen LogP contribution < -0.4 is 10.5 Å². The predicted molar refractivity (Wildman–Crippen MR) is 77.3 cm³/mol. The molecule has 0 saturated heterocycles. The van der Waals surface area contributed by atoms with Crippen molar-refractivity contribution in [2.24, 2.45) is 12.2 Å². The number of amides is 1. The molecule has 2 aromatic heterocycles. The fraction of sp³-hybridized carbons (Fsp3) is 0.182. The average molecular weight is 334 g/mol. The van der Waals surface area contributed by atoms with Gasteiger partial charge in [0.25, 0.3) is 5.91 Å². The van der Waals surface area contributed by atoms with Crippen LogP contribution in [0.4, 0.5) is 0 Å². The first kappa shape index (κ1) is 15.0. The molecule has 9 heteroatoms. The molecule has 0 radical (unpaired) electrons. The molecule has 0 saturated carbocycles. The van der Waals surface area contributed by atoms with E-state index in [0.717, 1.165) is 11.3 Å². The molecule has 20 heavy (non-hydrogen) atoms. The van der Waals surface area contributed by atoms with Crippen molar-refractivity contribution in [2.45, 2.75) is 10.8 Å². The van der Waals surface area contributed by atoms with E-state index in [1.165, 1.54) is 6.07 Å². The first-order valence-electron chi connectivity index (χ1n) is 5.49. The number of hydrogen-bond donors (Lipinski definition) is 2. The van der Waals surface area contributed by atoms with Crippen molar-refractivity contribution < 1.29 is 13.2 Å². The zero-order chi connectivity index (χ0) is 14.9. The van der Waals surface area contributed by atoms with E-state index in [-0.39, 0.29) is 16.7 Å². The number of hydrogen-bond acceptors (Lipinski definition) is 4. The monoisotopic (exact) mass is 333 g/mol. The number of rotatable bonds is 4. The molecule has 0 spiro atoms. The Labute approximate surface area is 125 Å². The van der Waals surface area contributed by atoms with Gasteiger partial charge in [0.2, 0.25) is 10.0 Å². The number of nitrogens with two attached hydrogens (primary N) is 1. The number of nitrogens with one attached hydrogen (secondary N) is 1. The minimum atomic E-state index is -3.69. The van der Waals surface area contributed by atoms with Crippen LogP contribution in [0.5, 0.6) is 0 Å². The van der Waals surface area contributed by atoms with Crippen LogP contribution >= 0.6 is 22.9 Å². The van der Waals surface area contributed by atoms with Crippen molar-refractivity contribution in [1.82, 2.24) is 9.88 Å². The van der Waals surface area contributed by atoms with E-state index in [0.29, 0.717) is 15.6 Å². The minimum absolute atomic E-state index is 0.0728. The highest BCUT2D eigenvalue weighted by Crippen LogP contribution is 2.20. The SMILES string of the molecule is Cn1cc(Cl)cc1C(=O)NCc1ccc(S(N)(=O)=O)s1. The Morgan fingerprint density at radius 2 is 2.20 bits per heavy atom. The van der Waals surface area contributed by atoms with Gasteiger partial charge >= 0.3 is 0 Å². The molecule has 0 aliphatic carbocycles. The molecule has 0 atom stereocenters. The second-order valence-corrected chi connectivity index (χ2v) is 7.50. The standard InChI is InChI=1S/C11H12ClN3O3S2/c1-15-6-7(12)4-9(15)11(16)14-5-8-2-3-10(19-8)20(13,17)18/h2-4,6H,5H2,1H3,(H,14,16)(H2,13,17,18). The largest absolute Gasteiger partial charge is 0.346 e. The number of thiophene rings is 1. The fourth-order valence-electron chi connectivity index (χ4n) is 1.61. The fourth-order valence-corrected chi connectivity index (χ4v) is 3.58. The maximum atomic E-state index is 11.9. The number of halogens is 1. The van der Waals surface area contributed by atoms with E-state index >= 15 is 0 Å². The average Bonchev–Trinajstić information content (AvgIpc) is 2.92. The summed E-state index contributed by atoms with van der Waals surface area (Å²) in [6, 6.07) is 4.59. The van der Waals surface area contributed by atoms with Gasteiger partial charge in [-0.25, -0.2) is 13.6 Å². The molecule has 6 nitrogen and oxygen atoms in total. The summed E-state index contributed by atoms with van der Waals surface area (Å²) in [5.41, 5.74) is 0.429. The third-order valence-corrected chi connectivity index (χ3v) is 5.28. The van der Waals surface area contributed by atoms with Gasteiger partial charge in [0.15, 0.2) is 0 Å². The smallest absolute Gasteiger partial charge is 0.268 e. The summed E-state index contributed by atoms with van der Waals surface area (Å²) in [7, 11) is -1.98. The Kier molecular flexibility index (Phi) is 4.19. The molecule has 0 aliphatic heterocycles. The summed E-state index contributed by atoms with van der Waals surface area (Å²) in [4.78, 5) is 12.6. The van der Waals surface area contributed by atoms with Crippen molar-refractivity contribution in [1.29, 1.82) is 0 Å². The molecule has 0 unspecified atom stereocenters. The molecule has 2 rings (SSSR count). The molecular weight excluding hydrogens is 322 g/mol. The maximum absolute atomic E-state index is 11.9. The molecule has 0 aliphatic rings. The molecular formula is C11H12ClN3O3S2. The van der Waals surface area contributed by atoms with E-state index in [4.69, 9.17) is 16.7 Å². The lowest BCUT2D eigenvalue weighted by Crippen LogP contribution is -2.24. The second kappa shape index (κ2) is 5.57. The van der Waals surface area contributed by atoms with Gasteiger partial charge in [-0.2, -0.15) is 0 Å². The highest BCUT2D eigenvalue weighted by molar-refractivity contribution is 7.91.